The molecule has 3 fully saturated rings. The van der Waals surface area contributed by atoms with Gasteiger partial charge in [-0.1, -0.05) is 18.1 Å². The van der Waals surface area contributed by atoms with Crippen LogP contribution in [0.25, 0.3) is 0 Å². The maximum atomic E-state index is 12.9. The Bertz CT molecular complexity index is 760. The third kappa shape index (κ3) is 2.00. The first-order valence-electron chi connectivity index (χ1n) is 11.1. The van der Waals surface area contributed by atoms with Crippen molar-refractivity contribution >= 4 is 11.8 Å². The van der Waals surface area contributed by atoms with Crippen LogP contribution in [0.1, 0.15) is 51.9 Å². The smallest absolute Gasteiger partial charge is 0.309 e. The molecule has 0 unspecified atom stereocenters. The summed E-state index contributed by atoms with van der Waals surface area (Å²) < 4.78 is 5.21. The fourth-order valence-electron chi connectivity index (χ4n) is 8.68. The summed E-state index contributed by atoms with van der Waals surface area (Å²) in [5.41, 5.74) is 2.62. The second-order valence-corrected chi connectivity index (χ2v) is 10.1. The molecule has 1 saturated heterocycles. The van der Waals surface area contributed by atoms with Crippen LogP contribution in [0.2, 0.25) is 0 Å². The highest BCUT2D eigenvalue weighted by molar-refractivity contribution is 5.82. The van der Waals surface area contributed by atoms with Crippen LogP contribution in [0, 0.1) is 34.5 Å². The summed E-state index contributed by atoms with van der Waals surface area (Å²) in [6.45, 7) is 2.96. The summed E-state index contributed by atoms with van der Waals surface area (Å²) in [6.07, 6.45) is 6.41. The molecule has 5 aliphatic rings. The van der Waals surface area contributed by atoms with Gasteiger partial charge in [-0.05, 0) is 57.4 Å². The normalized spacial score (nSPS) is 46.5. The number of rotatable bonds is 4. The number of nitrogens with zero attached hydrogens (tertiary/aromatic N) is 1. The van der Waals surface area contributed by atoms with Crippen molar-refractivity contribution in [3.63, 3.8) is 0 Å². The van der Waals surface area contributed by atoms with Crippen molar-refractivity contribution in [3.05, 3.63) is 11.1 Å². The van der Waals surface area contributed by atoms with E-state index < -0.39 is 0 Å². The number of carbonyl (C=O) groups is 2. The number of hydrogen-bond acceptors (Lipinski definition) is 5. The number of carbonyl (C=O) groups excluding carboxylic acids is 2. The SMILES string of the molecule is CCC(=O)[C@H]1C[C@]2(CO)[C@H]3CCC4=C5[C@H](CC4)[C@H](C(=O)OC)C[C@]52CN(C)[C@@H]13. The Balaban J connectivity index is 1.70. The Labute approximate surface area is 167 Å². The van der Waals surface area contributed by atoms with Gasteiger partial charge in [0.25, 0.3) is 0 Å². The van der Waals surface area contributed by atoms with Crippen molar-refractivity contribution in [2.75, 3.05) is 27.3 Å². The largest absolute Gasteiger partial charge is 0.469 e. The van der Waals surface area contributed by atoms with Gasteiger partial charge in [0.2, 0.25) is 0 Å². The number of allylic oxidation sites excluding steroid dienone is 1. The third-order valence-electron chi connectivity index (χ3n) is 9.48. The summed E-state index contributed by atoms with van der Waals surface area (Å²) in [5.74, 6) is 0.787. The lowest BCUT2D eigenvalue weighted by Gasteiger charge is -2.56. The zero-order valence-electron chi connectivity index (χ0n) is 17.4. The first-order valence-corrected chi connectivity index (χ1v) is 11.1. The summed E-state index contributed by atoms with van der Waals surface area (Å²) in [4.78, 5) is 28.0. The van der Waals surface area contributed by atoms with Gasteiger partial charge >= 0.3 is 5.97 Å². The molecule has 0 aromatic heterocycles. The summed E-state index contributed by atoms with van der Waals surface area (Å²) in [7, 11) is 3.67. The van der Waals surface area contributed by atoms with E-state index in [4.69, 9.17) is 4.74 Å². The number of methoxy groups -OCH3 is 1. The fraction of sp³-hybridized carbons (Fsp3) is 0.826. The van der Waals surface area contributed by atoms with Crippen LogP contribution >= 0.6 is 0 Å². The maximum absolute atomic E-state index is 12.9. The van der Waals surface area contributed by atoms with Gasteiger partial charge in [0, 0.05) is 42.4 Å². The van der Waals surface area contributed by atoms with E-state index >= 15 is 0 Å². The molecule has 154 valence electrons. The average Bonchev–Trinajstić information content (AvgIpc) is 3.32. The fourth-order valence-corrected chi connectivity index (χ4v) is 8.68. The average molecular weight is 388 g/mol. The molecule has 5 heteroatoms. The number of ketones is 1. The zero-order chi connectivity index (χ0) is 19.8. The Morgan fingerprint density at radius 1 is 1.21 bits per heavy atom. The molecule has 0 radical (unpaired) electrons. The molecule has 2 saturated carbocycles. The molecule has 7 atom stereocenters. The lowest BCUT2D eigenvalue weighted by Crippen LogP contribution is -2.60. The van der Waals surface area contributed by atoms with Gasteiger partial charge in [-0.2, -0.15) is 0 Å². The predicted molar refractivity (Wildman–Crippen MR) is 104 cm³/mol. The van der Waals surface area contributed by atoms with Gasteiger partial charge in [-0.25, -0.2) is 0 Å². The number of likely N-dealkylation sites (tertiary alicyclic amines) is 1. The highest BCUT2D eigenvalue weighted by atomic mass is 16.5. The van der Waals surface area contributed by atoms with Gasteiger partial charge in [0.05, 0.1) is 13.0 Å². The van der Waals surface area contributed by atoms with E-state index in [1.54, 1.807) is 5.57 Å². The van der Waals surface area contributed by atoms with Crippen molar-refractivity contribution in [1.29, 1.82) is 0 Å². The van der Waals surface area contributed by atoms with Crippen molar-refractivity contribution < 1.29 is 19.4 Å². The third-order valence-corrected chi connectivity index (χ3v) is 9.48. The minimum Gasteiger partial charge on any atom is -0.469 e. The molecular formula is C23H33NO4. The highest BCUT2D eigenvalue weighted by Crippen LogP contribution is 2.74. The number of esters is 1. The number of hydrogen-bond donors (Lipinski definition) is 1. The summed E-state index contributed by atoms with van der Waals surface area (Å²) >= 11 is 0. The molecule has 5 nitrogen and oxygen atoms in total. The number of Topliss-reactive ketones (excluding diaryl/α,β-unsaturated/α-hetero) is 1. The predicted octanol–water partition coefficient (Wildman–Crippen LogP) is 2.57. The first-order chi connectivity index (χ1) is 13.4. The Morgan fingerprint density at radius 3 is 2.64 bits per heavy atom. The van der Waals surface area contributed by atoms with E-state index in [1.165, 1.54) is 12.7 Å². The number of aliphatic hydroxyl groups is 1. The minimum atomic E-state index is -0.262. The van der Waals surface area contributed by atoms with Crippen molar-refractivity contribution in [2.24, 2.45) is 34.5 Å². The quantitative estimate of drug-likeness (QED) is 0.593. The molecule has 0 amide bonds. The Kier molecular flexibility index (Phi) is 4.13. The first kappa shape index (κ1) is 18.8. The van der Waals surface area contributed by atoms with Crippen LogP contribution < -0.4 is 0 Å². The molecule has 1 N–H and O–H groups in total. The Hall–Kier alpha value is -1.20. The molecular weight excluding hydrogens is 354 g/mol. The van der Waals surface area contributed by atoms with Crippen LogP contribution in [0.5, 0.6) is 0 Å². The molecule has 5 rings (SSSR count). The van der Waals surface area contributed by atoms with Crippen LogP contribution in [-0.2, 0) is 14.3 Å². The van der Waals surface area contributed by atoms with E-state index in [2.05, 4.69) is 11.9 Å². The number of ether oxygens (including phenoxy) is 1. The lowest BCUT2D eigenvalue weighted by atomic mass is 9.53. The van der Waals surface area contributed by atoms with Gasteiger partial charge in [-0.3, -0.25) is 9.59 Å². The standard InChI is InChI=1S/C23H33NO4/c1-4-18(26)16-10-23(12-25)17-8-6-13-5-7-14-15(21(27)28-3)9-22(23,19(13)14)11-24(2)20(16)17/h14-17,20,25H,4-12H2,1-3H3/t14-,15-,16-,17+,20+,22+,23+/m1/s1. The van der Waals surface area contributed by atoms with Gasteiger partial charge in [0.15, 0.2) is 0 Å². The van der Waals surface area contributed by atoms with E-state index in [9.17, 15) is 14.7 Å². The second-order valence-electron chi connectivity index (χ2n) is 10.1. The molecule has 1 spiro atoms. The molecule has 4 bridgehead atoms. The van der Waals surface area contributed by atoms with E-state index in [0.29, 0.717) is 18.1 Å². The Morgan fingerprint density at radius 2 is 1.96 bits per heavy atom. The second kappa shape index (κ2) is 6.15. The molecule has 0 aromatic carbocycles. The van der Waals surface area contributed by atoms with Crippen LogP contribution in [0.4, 0.5) is 0 Å². The van der Waals surface area contributed by atoms with E-state index in [0.717, 1.165) is 45.1 Å². The van der Waals surface area contributed by atoms with E-state index in [1.807, 2.05) is 6.92 Å². The number of aliphatic hydroxyl groups excluding tert-OH is 1. The van der Waals surface area contributed by atoms with Gasteiger partial charge in [0.1, 0.15) is 5.78 Å². The lowest BCUT2D eigenvalue weighted by molar-refractivity contribution is -0.148. The van der Waals surface area contributed by atoms with Crippen LogP contribution in [0.3, 0.4) is 0 Å². The molecule has 1 heterocycles. The molecule has 4 aliphatic carbocycles. The number of piperidine rings is 1. The molecule has 0 aromatic rings. The van der Waals surface area contributed by atoms with Crippen LogP contribution in [-0.4, -0.2) is 55.1 Å². The molecule has 28 heavy (non-hydrogen) atoms. The van der Waals surface area contributed by atoms with Gasteiger partial charge < -0.3 is 14.7 Å². The van der Waals surface area contributed by atoms with Crippen molar-refractivity contribution in [2.45, 2.75) is 57.9 Å². The van der Waals surface area contributed by atoms with Gasteiger partial charge in [-0.15, -0.1) is 0 Å². The topological polar surface area (TPSA) is 66.8 Å². The van der Waals surface area contributed by atoms with E-state index in [-0.39, 0.29) is 47.2 Å². The summed E-state index contributed by atoms with van der Waals surface area (Å²) in [6, 6.07) is 0.237. The molecule has 1 aliphatic heterocycles. The highest BCUT2D eigenvalue weighted by Gasteiger charge is 2.73. The zero-order valence-corrected chi connectivity index (χ0v) is 17.4. The minimum absolute atomic E-state index is 0.0192. The van der Waals surface area contributed by atoms with Crippen molar-refractivity contribution in [1.82, 2.24) is 4.90 Å². The maximum Gasteiger partial charge on any atom is 0.309 e. The van der Waals surface area contributed by atoms with Crippen molar-refractivity contribution in [3.8, 4) is 0 Å². The monoisotopic (exact) mass is 387 g/mol. The van der Waals surface area contributed by atoms with Crippen LogP contribution in [0.15, 0.2) is 11.1 Å². The summed E-state index contributed by atoms with van der Waals surface area (Å²) in [5, 5.41) is 10.9.